The third-order valence-electron chi connectivity index (χ3n) is 8.42. The van der Waals surface area contributed by atoms with E-state index < -0.39 is 23.0 Å². The summed E-state index contributed by atoms with van der Waals surface area (Å²) in [6.45, 7) is 1.98. The van der Waals surface area contributed by atoms with Crippen molar-refractivity contribution in [3.8, 4) is 12.1 Å². The maximum absolute atomic E-state index is 14.0. The Labute approximate surface area is 209 Å². The van der Waals surface area contributed by atoms with E-state index in [4.69, 9.17) is 10.00 Å². The van der Waals surface area contributed by atoms with Crippen molar-refractivity contribution in [3.05, 3.63) is 77.4 Å². The van der Waals surface area contributed by atoms with Crippen LogP contribution < -0.4 is 4.90 Å². The van der Waals surface area contributed by atoms with E-state index in [0.29, 0.717) is 23.2 Å². The quantitative estimate of drug-likeness (QED) is 0.482. The van der Waals surface area contributed by atoms with Gasteiger partial charge in [-0.1, -0.05) is 36.4 Å². The number of amides is 2. The lowest BCUT2D eigenvalue weighted by molar-refractivity contribution is -0.130. The summed E-state index contributed by atoms with van der Waals surface area (Å²) >= 11 is 0. The summed E-state index contributed by atoms with van der Waals surface area (Å²) < 4.78 is 6.58. The Kier molecular flexibility index (Phi) is 5.00. The fourth-order valence-corrected chi connectivity index (χ4v) is 6.76. The van der Waals surface area contributed by atoms with Crippen LogP contribution in [0.3, 0.4) is 0 Å². The molecule has 3 aromatic carbocycles. The number of carbonyl (C=O) groups excluding carboxylic acids is 2. The smallest absolute Gasteiger partial charge is 0.240 e. The lowest BCUT2D eigenvalue weighted by Crippen LogP contribution is -2.42. The maximum atomic E-state index is 14.0. The van der Waals surface area contributed by atoms with Gasteiger partial charge in [0.05, 0.1) is 52.0 Å². The van der Waals surface area contributed by atoms with E-state index in [0.717, 1.165) is 42.0 Å². The molecule has 0 aromatic heterocycles. The van der Waals surface area contributed by atoms with E-state index >= 15 is 0 Å². The van der Waals surface area contributed by atoms with Crippen LogP contribution in [0.5, 0.6) is 0 Å². The number of nitrogens with zero attached hydrogens (tertiary/aromatic N) is 3. The van der Waals surface area contributed by atoms with E-state index in [1.165, 1.54) is 4.90 Å². The lowest BCUT2D eigenvalue weighted by atomic mass is 9.67. The third-order valence-corrected chi connectivity index (χ3v) is 8.42. The van der Waals surface area contributed by atoms with Crippen molar-refractivity contribution in [1.29, 1.82) is 10.5 Å². The van der Waals surface area contributed by atoms with Crippen LogP contribution in [-0.2, 0) is 20.7 Å². The molecule has 4 atom stereocenters. The number of ether oxygens (including phenoxy) is 1. The molecule has 36 heavy (non-hydrogen) atoms. The first-order valence-corrected chi connectivity index (χ1v) is 12.4. The molecule has 3 heterocycles. The number of hydrogen-bond acceptors (Lipinski definition) is 5. The Bertz CT molecular complexity index is 1500. The van der Waals surface area contributed by atoms with Gasteiger partial charge in [0.2, 0.25) is 11.8 Å². The molecule has 3 aliphatic rings. The molecule has 0 aliphatic carbocycles. The molecule has 2 bridgehead atoms. The minimum atomic E-state index is -0.650. The number of carbonyl (C=O) groups is 2. The van der Waals surface area contributed by atoms with Crippen molar-refractivity contribution < 1.29 is 14.3 Å². The highest BCUT2D eigenvalue weighted by Gasteiger charge is 2.73. The van der Waals surface area contributed by atoms with Crippen LogP contribution in [0.15, 0.2) is 60.7 Å². The number of nitriles is 2. The highest BCUT2D eigenvalue weighted by molar-refractivity contribution is 6.26. The molecular weight excluding hydrogens is 450 g/mol. The molecule has 3 aromatic rings. The fraction of sp³-hybridized carbons (Fsp3) is 0.333. The van der Waals surface area contributed by atoms with Crippen molar-refractivity contribution >= 4 is 28.3 Å². The molecule has 3 aliphatic heterocycles. The Morgan fingerprint density at radius 2 is 1.64 bits per heavy atom. The minimum absolute atomic E-state index is 0.193. The maximum Gasteiger partial charge on any atom is 0.240 e. The molecule has 0 radical (unpaired) electrons. The van der Waals surface area contributed by atoms with Gasteiger partial charge in [-0.2, -0.15) is 10.5 Å². The Balaban J connectivity index is 1.31. The Morgan fingerprint density at radius 1 is 0.917 bits per heavy atom. The zero-order valence-corrected chi connectivity index (χ0v) is 20.0. The van der Waals surface area contributed by atoms with Gasteiger partial charge in [-0.3, -0.25) is 9.59 Å². The summed E-state index contributed by atoms with van der Waals surface area (Å²) in [5, 5.41) is 20.0. The van der Waals surface area contributed by atoms with E-state index in [-0.39, 0.29) is 11.8 Å². The number of aryl methyl sites for hydroxylation is 1. The average Bonchev–Trinajstić information content (AvgIpc) is 3.48. The van der Waals surface area contributed by atoms with Crippen molar-refractivity contribution in [2.24, 2.45) is 11.8 Å². The molecular formula is C30H25N3O3. The first kappa shape index (κ1) is 22.5. The zero-order chi connectivity index (χ0) is 25.1. The molecule has 0 saturated carbocycles. The van der Waals surface area contributed by atoms with Gasteiger partial charge < -0.3 is 4.74 Å². The fourth-order valence-electron chi connectivity index (χ4n) is 6.76. The van der Waals surface area contributed by atoms with E-state index in [2.05, 4.69) is 12.1 Å². The van der Waals surface area contributed by atoms with Crippen LogP contribution >= 0.6 is 0 Å². The van der Waals surface area contributed by atoms with Crippen molar-refractivity contribution in [2.75, 3.05) is 4.90 Å². The largest absolute Gasteiger partial charge is 0.367 e. The van der Waals surface area contributed by atoms with Crippen LogP contribution in [0.25, 0.3) is 10.8 Å². The summed E-state index contributed by atoms with van der Waals surface area (Å²) in [4.78, 5) is 29.2. The van der Waals surface area contributed by atoms with Crippen LogP contribution in [-0.4, -0.2) is 23.0 Å². The summed E-state index contributed by atoms with van der Waals surface area (Å²) in [5.41, 5.74) is 1.54. The normalized spacial score (nSPS) is 28.4. The summed E-state index contributed by atoms with van der Waals surface area (Å²) in [7, 11) is 0. The predicted molar refractivity (Wildman–Crippen MR) is 134 cm³/mol. The molecule has 6 rings (SSSR count). The lowest BCUT2D eigenvalue weighted by Gasteiger charge is -2.31. The molecule has 0 spiro atoms. The number of rotatable bonds is 5. The van der Waals surface area contributed by atoms with Crippen molar-refractivity contribution in [2.45, 2.75) is 50.2 Å². The van der Waals surface area contributed by atoms with E-state index in [1.54, 1.807) is 12.1 Å². The number of benzene rings is 3. The molecule has 6 nitrogen and oxygen atoms in total. The van der Waals surface area contributed by atoms with Gasteiger partial charge in [-0.25, -0.2) is 4.90 Å². The van der Waals surface area contributed by atoms with E-state index in [9.17, 15) is 14.9 Å². The van der Waals surface area contributed by atoms with Crippen LogP contribution in [0, 0.1) is 34.5 Å². The predicted octanol–water partition coefficient (Wildman–Crippen LogP) is 5.03. The van der Waals surface area contributed by atoms with Gasteiger partial charge in [-0.15, -0.1) is 0 Å². The van der Waals surface area contributed by atoms with Crippen LogP contribution in [0.1, 0.15) is 49.3 Å². The molecule has 178 valence electrons. The monoisotopic (exact) mass is 475 g/mol. The van der Waals surface area contributed by atoms with Crippen LogP contribution in [0.2, 0.25) is 0 Å². The van der Waals surface area contributed by atoms with Gasteiger partial charge in [0, 0.05) is 10.8 Å². The van der Waals surface area contributed by atoms with Crippen LogP contribution in [0.4, 0.5) is 5.69 Å². The molecule has 6 heteroatoms. The molecule has 3 saturated heterocycles. The highest BCUT2D eigenvalue weighted by atomic mass is 16.5. The molecule has 3 fully saturated rings. The summed E-state index contributed by atoms with van der Waals surface area (Å²) in [5.74, 6) is -1.39. The third kappa shape index (κ3) is 3.11. The minimum Gasteiger partial charge on any atom is -0.367 e. The topological polar surface area (TPSA) is 94.2 Å². The summed E-state index contributed by atoms with van der Waals surface area (Å²) in [6, 6.07) is 22.8. The second-order valence-electron chi connectivity index (χ2n) is 10.4. The van der Waals surface area contributed by atoms with Crippen molar-refractivity contribution in [1.82, 2.24) is 0 Å². The number of hydrogen-bond donors (Lipinski definition) is 0. The highest BCUT2D eigenvalue weighted by Crippen LogP contribution is 2.62. The van der Waals surface area contributed by atoms with Crippen molar-refractivity contribution in [3.63, 3.8) is 0 Å². The molecule has 2 unspecified atom stereocenters. The standard InChI is InChI=1S/C30H25N3O3/c1-29-15-16-30(36-29,14-4-5-19-8-10-20(17-31)11-9-19)26-25(29)27(34)33(28(26)35)24-13-12-21(18-32)22-6-2-3-7-23(22)24/h2-3,6-13,25-26H,4-5,14-16H2,1H3/t25-,26+,29?,30?/m1/s1. The SMILES string of the molecule is CC12CCC(CCCc3ccc(C#N)cc3)(O1)[C@@H]1C(=O)N(c3ccc(C#N)c4ccccc34)C(=O)[C@@H]12. The number of fused-ring (bicyclic) bond motifs is 6. The molecule has 2 amide bonds. The van der Waals surface area contributed by atoms with E-state index in [1.807, 2.05) is 55.5 Å². The zero-order valence-electron chi connectivity index (χ0n) is 20.0. The van der Waals surface area contributed by atoms with Gasteiger partial charge in [0.1, 0.15) is 0 Å². The number of anilines is 1. The Morgan fingerprint density at radius 3 is 2.36 bits per heavy atom. The first-order chi connectivity index (χ1) is 17.4. The summed E-state index contributed by atoms with van der Waals surface area (Å²) in [6.07, 6.45) is 3.86. The number of imide groups is 1. The van der Waals surface area contributed by atoms with Gasteiger partial charge in [0.15, 0.2) is 0 Å². The molecule has 0 N–H and O–H groups in total. The van der Waals surface area contributed by atoms with Gasteiger partial charge in [-0.05, 0) is 68.9 Å². The van der Waals surface area contributed by atoms with Gasteiger partial charge in [0.25, 0.3) is 0 Å². The second-order valence-corrected chi connectivity index (χ2v) is 10.4. The van der Waals surface area contributed by atoms with Gasteiger partial charge >= 0.3 is 0 Å². The second kappa shape index (κ2) is 8.01. The first-order valence-electron chi connectivity index (χ1n) is 12.4. The Hall–Kier alpha value is -4.00. The average molecular weight is 476 g/mol.